The molecule has 0 saturated carbocycles. The third-order valence-electron chi connectivity index (χ3n) is 6.31. The van der Waals surface area contributed by atoms with Crippen molar-refractivity contribution in [1.82, 2.24) is 15.5 Å². The molecule has 2 atom stereocenters. The van der Waals surface area contributed by atoms with Crippen LogP contribution in [0.25, 0.3) is 11.1 Å². The Kier molecular flexibility index (Phi) is 8.11. The van der Waals surface area contributed by atoms with Gasteiger partial charge in [-0.2, -0.15) is 0 Å². The minimum atomic E-state index is -1.15. The highest BCUT2D eigenvalue weighted by atomic mass is 16.5. The standard InChI is InChI=1S/C26H31N3O6/c1-15(2)23(24(31)27-13-22(30)29(4)16(3)25(32)33)28-26(34)35-14-21-19-11-7-5-9-17(19)18-10-6-8-12-20(18)21/h5-12,15-16,21,23H,13-14H2,1-4H3,(H,27,31)(H,28,34)(H,32,33)/t16?,23-/m0/s1. The van der Waals surface area contributed by atoms with Gasteiger partial charge in [0.05, 0.1) is 6.54 Å². The van der Waals surface area contributed by atoms with Gasteiger partial charge in [-0.3, -0.25) is 9.59 Å². The summed E-state index contributed by atoms with van der Waals surface area (Å²) in [6, 6.07) is 14.0. The highest BCUT2D eigenvalue weighted by Crippen LogP contribution is 2.44. The number of carboxylic acids is 1. The number of likely N-dealkylation sites (N-methyl/N-ethyl adjacent to an activating group) is 1. The third kappa shape index (κ3) is 5.79. The average Bonchev–Trinajstić information content (AvgIpc) is 3.16. The predicted octanol–water partition coefficient (Wildman–Crippen LogP) is 2.60. The molecule has 35 heavy (non-hydrogen) atoms. The summed E-state index contributed by atoms with van der Waals surface area (Å²) in [4.78, 5) is 49.6. The molecule has 2 aromatic carbocycles. The minimum absolute atomic E-state index is 0.108. The van der Waals surface area contributed by atoms with Gasteiger partial charge in [0.1, 0.15) is 18.7 Å². The van der Waals surface area contributed by atoms with Crippen molar-refractivity contribution in [3.8, 4) is 11.1 Å². The molecular formula is C26H31N3O6. The quantitative estimate of drug-likeness (QED) is 0.506. The van der Waals surface area contributed by atoms with Crippen molar-refractivity contribution in [2.75, 3.05) is 20.2 Å². The van der Waals surface area contributed by atoms with E-state index in [1.807, 2.05) is 48.5 Å². The number of nitrogens with one attached hydrogen (secondary N) is 2. The largest absolute Gasteiger partial charge is 0.480 e. The molecule has 1 unspecified atom stereocenters. The number of alkyl carbamates (subject to hydrolysis) is 1. The number of carbonyl (C=O) groups excluding carboxylic acids is 3. The topological polar surface area (TPSA) is 125 Å². The lowest BCUT2D eigenvalue weighted by molar-refractivity contribution is -0.148. The summed E-state index contributed by atoms with van der Waals surface area (Å²) in [5.74, 6) is -2.65. The van der Waals surface area contributed by atoms with E-state index in [2.05, 4.69) is 10.6 Å². The van der Waals surface area contributed by atoms with Crippen LogP contribution < -0.4 is 10.6 Å². The normalized spacial score (nSPS) is 13.9. The molecule has 0 bridgehead atoms. The lowest BCUT2D eigenvalue weighted by Gasteiger charge is -2.24. The molecule has 3 amide bonds. The zero-order valence-electron chi connectivity index (χ0n) is 20.3. The first-order chi connectivity index (χ1) is 16.6. The van der Waals surface area contributed by atoms with Crippen molar-refractivity contribution in [2.24, 2.45) is 5.92 Å². The Bertz CT molecular complexity index is 1070. The van der Waals surface area contributed by atoms with Gasteiger partial charge < -0.3 is 25.4 Å². The van der Waals surface area contributed by atoms with Crippen LogP contribution in [0.5, 0.6) is 0 Å². The maximum Gasteiger partial charge on any atom is 0.407 e. The summed E-state index contributed by atoms with van der Waals surface area (Å²) >= 11 is 0. The predicted molar refractivity (Wildman–Crippen MR) is 130 cm³/mol. The molecule has 3 rings (SSSR count). The number of amides is 3. The number of benzene rings is 2. The van der Waals surface area contributed by atoms with Crippen LogP contribution >= 0.6 is 0 Å². The van der Waals surface area contributed by atoms with Crippen molar-refractivity contribution in [2.45, 2.75) is 38.8 Å². The van der Waals surface area contributed by atoms with E-state index in [0.29, 0.717) is 0 Å². The number of hydrogen-bond donors (Lipinski definition) is 3. The molecule has 0 aliphatic heterocycles. The van der Waals surface area contributed by atoms with Crippen LogP contribution in [-0.2, 0) is 19.1 Å². The maximum absolute atomic E-state index is 12.7. The Labute approximate surface area is 204 Å². The van der Waals surface area contributed by atoms with Gasteiger partial charge in [0.2, 0.25) is 11.8 Å². The number of carboxylic acid groups (broad SMARTS) is 1. The molecule has 186 valence electrons. The van der Waals surface area contributed by atoms with Gasteiger partial charge in [0, 0.05) is 13.0 Å². The van der Waals surface area contributed by atoms with E-state index < -0.39 is 36.0 Å². The third-order valence-corrected chi connectivity index (χ3v) is 6.31. The zero-order chi connectivity index (χ0) is 25.7. The van der Waals surface area contributed by atoms with Gasteiger partial charge in [-0.05, 0) is 35.1 Å². The van der Waals surface area contributed by atoms with Crippen LogP contribution in [0.3, 0.4) is 0 Å². The zero-order valence-corrected chi connectivity index (χ0v) is 20.3. The average molecular weight is 482 g/mol. The number of aliphatic carboxylic acids is 1. The first kappa shape index (κ1) is 25.7. The van der Waals surface area contributed by atoms with Crippen LogP contribution in [0.2, 0.25) is 0 Å². The summed E-state index contributed by atoms with van der Waals surface area (Å²) < 4.78 is 5.52. The van der Waals surface area contributed by atoms with Crippen LogP contribution in [0, 0.1) is 5.92 Å². The molecule has 9 heteroatoms. The van der Waals surface area contributed by atoms with Gasteiger partial charge in [-0.25, -0.2) is 9.59 Å². The molecule has 1 aliphatic rings. The van der Waals surface area contributed by atoms with Crippen LogP contribution in [0.1, 0.15) is 37.8 Å². The van der Waals surface area contributed by atoms with Gasteiger partial charge in [-0.1, -0.05) is 62.4 Å². The molecule has 0 radical (unpaired) electrons. The summed E-state index contributed by atoms with van der Waals surface area (Å²) in [6.07, 6.45) is -0.733. The molecule has 0 fully saturated rings. The summed E-state index contributed by atoms with van der Waals surface area (Å²) in [5.41, 5.74) is 4.39. The highest BCUT2D eigenvalue weighted by Gasteiger charge is 2.31. The van der Waals surface area contributed by atoms with Gasteiger partial charge in [-0.15, -0.1) is 0 Å². The molecule has 1 aliphatic carbocycles. The SMILES string of the molecule is CC(C)[C@H](NC(=O)OCC1c2ccccc2-c2ccccc21)C(=O)NCC(=O)N(C)C(C)C(=O)O. The van der Waals surface area contributed by atoms with E-state index in [-0.39, 0.29) is 25.0 Å². The fraction of sp³-hybridized carbons (Fsp3) is 0.385. The van der Waals surface area contributed by atoms with Crippen LogP contribution in [0.15, 0.2) is 48.5 Å². The summed E-state index contributed by atoms with van der Waals surface area (Å²) in [5, 5.41) is 14.1. The molecule has 0 spiro atoms. The molecule has 3 N–H and O–H groups in total. The Balaban J connectivity index is 1.58. The van der Waals surface area contributed by atoms with Crippen molar-refractivity contribution >= 4 is 23.9 Å². The Morgan fingerprint density at radius 2 is 1.51 bits per heavy atom. The molecule has 0 heterocycles. The number of rotatable bonds is 9. The fourth-order valence-electron chi connectivity index (χ4n) is 4.08. The maximum atomic E-state index is 12.7. The van der Waals surface area contributed by atoms with Crippen LogP contribution in [-0.4, -0.2) is 66.2 Å². The van der Waals surface area contributed by atoms with Crippen molar-refractivity contribution < 1.29 is 29.0 Å². The second kappa shape index (κ2) is 11.0. The second-order valence-corrected chi connectivity index (χ2v) is 8.93. The molecular weight excluding hydrogens is 450 g/mol. The van der Waals surface area contributed by atoms with E-state index >= 15 is 0 Å². The molecule has 2 aromatic rings. The first-order valence-corrected chi connectivity index (χ1v) is 11.5. The minimum Gasteiger partial charge on any atom is -0.480 e. The van der Waals surface area contributed by atoms with E-state index in [4.69, 9.17) is 9.84 Å². The van der Waals surface area contributed by atoms with E-state index in [1.54, 1.807) is 13.8 Å². The first-order valence-electron chi connectivity index (χ1n) is 11.5. The van der Waals surface area contributed by atoms with Crippen LogP contribution in [0.4, 0.5) is 4.79 Å². The van der Waals surface area contributed by atoms with E-state index in [1.165, 1.54) is 14.0 Å². The van der Waals surface area contributed by atoms with E-state index in [9.17, 15) is 19.2 Å². The number of hydrogen-bond acceptors (Lipinski definition) is 5. The van der Waals surface area contributed by atoms with Crippen molar-refractivity contribution in [1.29, 1.82) is 0 Å². The highest BCUT2D eigenvalue weighted by molar-refractivity contribution is 5.91. The molecule has 0 saturated heterocycles. The smallest absolute Gasteiger partial charge is 0.407 e. The number of carbonyl (C=O) groups is 4. The molecule has 0 aromatic heterocycles. The fourth-order valence-corrected chi connectivity index (χ4v) is 4.08. The van der Waals surface area contributed by atoms with Crippen molar-refractivity contribution in [3.05, 3.63) is 59.7 Å². The lowest BCUT2D eigenvalue weighted by atomic mass is 9.98. The number of fused-ring (bicyclic) bond motifs is 3. The Hall–Kier alpha value is -3.88. The Morgan fingerprint density at radius 3 is 2.03 bits per heavy atom. The van der Waals surface area contributed by atoms with Gasteiger partial charge in [0.15, 0.2) is 0 Å². The number of ether oxygens (including phenoxy) is 1. The number of nitrogens with zero attached hydrogens (tertiary/aromatic N) is 1. The lowest BCUT2D eigenvalue weighted by Crippen LogP contribution is -2.52. The monoisotopic (exact) mass is 481 g/mol. The van der Waals surface area contributed by atoms with Gasteiger partial charge >= 0.3 is 12.1 Å². The summed E-state index contributed by atoms with van der Waals surface area (Å²) in [7, 11) is 1.35. The summed E-state index contributed by atoms with van der Waals surface area (Å²) in [6.45, 7) is 4.62. The van der Waals surface area contributed by atoms with E-state index in [0.717, 1.165) is 27.2 Å². The van der Waals surface area contributed by atoms with Gasteiger partial charge in [0.25, 0.3) is 0 Å². The van der Waals surface area contributed by atoms with Crippen molar-refractivity contribution in [3.63, 3.8) is 0 Å². The second-order valence-electron chi connectivity index (χ2n) is 8.93. The Morgan fingerprint density at radius 1 is 0.971 bits per heavy atom. The molecule has 9 nitrogen and oxygen atoms in total.